The molecule has 2 atom stereocenters. The lowest BCUT2D eigenvalue weighted by Crippen LogP contribution is -2.50. The Hall–Kier alpha value is -0.680. The molecule has 17 heavy (non-hydrogen) atoms. The second kappa shape index (κ2) is 7.61. The molecule has 0 spiro atoms. The third kappa shape index (κ3) is 5.98. The first-order valence-electron chi connectivity index (χ1n) is 6.06. The molecule has 4 nitrogen and oxygen atoms in total. The molecule has 0 aromatic rings. The highest BCUT2D eigenvalue weighted by atomic mass is 32.1. The maximum absolute atomic E-state index is 11.9. The van der Waals surface area contributed by atoms with Gasteiger partial charge in [0.15, 0.2) is 0 Å². The Balaban J connectivity index is 4.16. The molecule has 0 radical (unpaired) electrons. The van der Waals surface area contributed by atoms with Gasteiger partial charge in [0.25, 0.3) is 0 Å². The van der Waals surface area contributed by atoms with Crippen LogP contribution in [0.2, 0.25) is 0 Å². The smallest absolute Gasteiger partial charge is 0.237 e. The minimum Gasteiger partial charge on any atom is -0.392 e. The lowest BCUT2D eigenvalue weighted by molar-refractivity contribution is -0.125. The van der Waals surface area contributed by atoms with Crippen molar-refractivity contribution >= 4 is 23.1 Å². The fraction of sp³-hybridized carbons (Fsp3) is 0.833. The van der Waals surface area contributed by atoms with Crippen LogP contribution in [0.3, 0.4) is 0 Å². The number of nitrogens with two attached hydrogens (primary N) is 1. The van der Waals surface area contributed by atoms with Gasteiger partial charge >= 0.3 is 0 Å². The van der Waals surface area contributed by atoms with Crippen LogP contribution in [-0.2, 0) is 4.79 Å². The zero-order valence-electron chi connectivity index (χ0n) is 11.5. The van der Waals surface area contributed by atoms with E-state index < -0.39 is 0 Å². The highest BCUT2D eigenvalue weighted by molar-refractivity contribution is 7.80. The van der Waals surface area contributed by atoms with E-state index >= 15 is 0 Å². The van der Waals surface area contributed by atoms with E-state index in [0.717, 1.165) is 13.0 Å². The van der Waals surface area contributed by atoms with Crippen molar-refractivity contribution < 1.29 is 4.79 Å². The van der Waals surface area contributed by atoms with Crippen LogP contribution in [-0.4, -0.2) is 41.5 Å². The quantitative estimate of drug-likeness (QED) is 0.673. The van der Waals surface area contributed by atoms with Crippen LogP contribution in [0.4, 0.5) is 0 Å². The van der Waals surface area contributed by atoms with Gasteiger partial charge in [-0.25, -0.2) is 0 Å². The van der Waals surface area contributed by atoms with E-state index in [0.29, 0.717) is 10.9 Å². The number of likely N-dealkylation sites (N-methyl/N-ethyl adjacent to an activating group) is 1. The molecule has 5 heteroatoms. The van der Waals surface area contributed by atoms with Crippen molar-refractivity contribution in [2.24, 2.45) is 11.7 Å². The van der Waals surface area contributed by atoms with Gasteiger partial charge < -0.3 is 11.1 Å². The first-order chi connectivity index (χ1) is 7.77. The number of nitrogens with zero attached hydrogens (tertiary/aromatic N) is 1. The molecule has 0 fully saturated rings. The van der Waals surface area contributed by atoms with Crippen molar-refractivity contribution in [3.63, 3.8) is 0 Å². The Bertz CT molecular complexity index is 268. The fourth-order valence-corrected chi connectivity index (χ4v) is 1.52. The number of thiocarbonyl (C=S) groups is 1. The number of nitrogens with one attached hydrogen (secondary N) is 1. The number of carbonyl (C=O) groups excluding carboxylic acids is 1. The molecular formula is C12H25N3OS. The van der Waals surface area contributed by atoms with Gasteiger partial charge in [0.1, 0.15) is 0 Å². The molecule has 0 bridgehead atoms. The fourth-order valence-electron chi connectivity index (χ4n) is 1.35. The van der Waals surface area contributed by atoms with Crippen LogP contribution in [0.1, 0.15) is 34.1 Å². The number of hydrogen-bond acceptors (Lipinski definition) is 3. The van der Waals surface area contributed by atoms with E-state index in [1.165, 1.54) is 0 Å². The Morgan fingerprint density at radius 3 is 2.24 bits per heavy atom. The molecule has 0 saturated carbocycles. The van der Waals surface area contributed by atoms with Crippen molar-refractivity contribution in [2.75, 3.05) is 13.6 Å². The molecule has 1 amide bonds. The topological polar surface area (TPSA) is 58.4 Å². The number of hydrogen-bond donors (Lipinski definition) is 2. The normalized spacial score (nSPS) is 14.8. The summed E-state index contributed by atoms with van der Waals surface area (Å²) in [7, 11) is 1.86. The third-order valence-electron chi connectivity index (χ3n) is 3.03. The third-order valence-corrected chi connectivity index (χ3v) is 3.38. The predicted molar refractivity (Wildman–Crippen MR) is 75.9 cm³/mol. The molecular weight excluding hydrogens is 234 g/mol. The van der Waals surface area contributed by atoms with E-state index in [1.54, 1.807) is 0 Å². The molecule has 0 aliphatic carbocycles. The number of carbonyl (C=O) groups is 1. The Morgan fingerprint density at radius 1 is 1.29 bits per heavy atom. The molecule has 0 rings (SSSR count). The standard InChI is InChI=1S/C12H25N3OS/c1-8(2)6-7-14-12(16)10(4)15(5)9(3)11(13)17/h8-10H,6-7H2,1-5H3,(H2,13,17)(H,14,16). The van der Waals surface area contributed by atoms with Gasteiger partial charge in [0, 0.05) is 6.54 Å². The molecule has 0 saturated heterocycles. The molecule has 0 aromatic carbocycles. The van der Waals surface area contributed by atoms with Crippen LogP contribution in [0.25, 0.3) is 0 Å². The average molecular weight is 259 g/mol. The van der Waals surface area contributed by atoms with Crippen molar-refractivity contribution in [1.29, 1.82) is 0 Å². The predicted octanol–water partition coefficient (Wildman–Crippen LogP) is 1.14. The van der Waals surface area contributed by atoms with Crippen LogP contribution < -0.4 is 11.1 Å². The van der Waals surface area contributed by atoms with Crippen molar-refractivity contribution in [1.82, 2.24) is 10.2 Å². The van der Waals surface area contributed by atoms with Crippen molar-refractivity contribution in [2.45, 2.75) is 46.2 Å². The first kappa shape index (κ1) is 16.3. The van der Waals surface area contributed by atoms with Gasteiger partial charge in [0.05, 0.1) is 17.1 Å². The molecule has 0 aliphatic rings. The SMILES string of the molecule is CC(C)CCNC(=O)C(C)N(C)C(C)C(N)=S. The molecule has 0 heterocycles. The van der Waals surface area contributed by atoms with Gasteiger partial charge in [-0.05, 0) is 33.2 Å². The molecule has 0 aliphatic heterocycles. The van der Waals surface area contributed by atoms with E-state index in [1.807, 2.05) is 25.8 Å². The molecule has 0 aromatic heterocycles. The summed E-state index contributed by atoms with van der Waals surface area (Å²) >= 11 is 4.93. The van der Waals surface area contributed by atoms with Gasteiger partial charge in [0.2, 0.25) is 5.91 Å². The number of amides is 1. The van der Waals surface area contributed by atoms with Gasteiger partial charge in [-0.15, -0.1) is 0 Å². The minimum absolute atomic E-state index is 0.0243. The van der Waals surface area contributed by atoms with Crippen LogP contribution in [0, 0.1) is 5.92 Å². The highest BCUT2D eigenvalue weighted by Gasteiger charge is 2.23. The van der Waals surface area contributed by atoms with Crippen LogP contribution >= 0.6 is 12.2 Å². The average Bonchev–Trinajstić information content (AvgIpc) is 2.25. The van der Waals surface area contributed by atoms with E-state index in [9.17, 15) is 4.79 Å². The Morgan fingerprint density at radius 2 is 1.82 bits per heavy atom. The Labute approximate surface area is 110 Å². The van der Waals surface area contributed by atoms with E-state index in [-0.39, 0.29) is 18.0 Å². The summed E-state index contributed by atoms with van der Waals surface area (Å²) in [5.74, 6) is 0.620. The van der Waals surface area contributed by atoms with Gasteiger partial charge in [-0.1, -0.05) is 26.1 Å². The Kier molecular flexibility index (Phi) is 7.30. The van der Waals surface area contributed by atoms with Crippen LogP contribution in [0.5, 0.6) is 0 Å². The lowest BCUT2D eigenvalue weighted by Gasteiger charge is -2.29. The number of rotatable bonds is 7. The molecule has 2 unspecified atom stereocenters. The van der Waals surface area contributed by atoms with Crippen LogP contribution in [0.15, 0.2) is 0 Å². The van der Waals surface area contributed by atoms with Crippen molar-refractivity contribution in [3.8, 4) is 0 Å². The van der Waals surface area contributed by atoms with Crippen molar-refractivity contribution in [3.05, 3.63) is 0 Å². The summed E-state index contributed by atoms with van der Waals surface area (Å²) in [6.45, 7) is 8.75. The highest BCUT2D eigenvalue weighted by Crippen LogP contribution is 2.03. The van der Waals surface area contributed by atoms with E-state index in [2.05, 4.69) is 19.2 Å². The first-order valence-corrected chi connectivity index (χ1v) is 6.47. The maximum atomic E-state index is 11.9. The minimum atomic E-state index is -0.223. The second-order valence-corrected chi connectivity index (χ2v) is 5.36. The maximum Gasteiger partial charge on any atom is 0.237 e. The summed E-state index contributed by atoms with van der Waals surface area (Å²) in [4.78, 5) is 14.1. The lowest BCUT2D eigenvalue weighted by atomic mass is 10.1. The van der Waals surface area contributed by atoms with Gasteiger partial charge in [-0.3, -0.25) is 9.69 Å². The summed E-state index contributed by atoms with van der Waals surface area (Å²) < 4.78 is 0. The largest absolute Gasteiger partial charge is 0.392 e. The zero-order chi connectivity index (χ0) is 13.6. The molecule has 100 valence electrons. The monoisotopic (exact) mass is 259 g/mol. The van der Waals surface area contributed by atoms with Gasteiger partial charge in [-0.2, -0.15) is 0 Å². The molecule has 3 N–H and O–H groups in total. The zero-order valence-corrected chi connectivity index (χ0v) is 12.3. The second-order valence-electron chi connectivity index (χ2n) is 4.89. The summed E-state index contributed by atoms with van der Waals surface area (Å²) in [6.07, 6.45) is 0.993. The van der Waals surface area contributed by atoms with E-state index in [4.69, 9.17) is 18.0 Å². The summed E-state index contributed by atoms with van der Waals surface area (Å²) in [5, 5.41) is 2.92. The summed E-state index contributed by atoms with van der Waals surface area (Å²) in [5.41, 5.74) is 5.57. The summed E-state index contributed by atoms with van der Waals surface area (Å²) in [6, 6.07) is -0.297.